The first-order valence-corrected chi connectivity index (χ1v) is 21.6. The average molecular weight is 629 g/mol. The maximum Gasteiger partial charge on any atom is 0.267 e. The lowest BCUT2D eigenvalue weighted by molar-refractivity contribution is 0.305. The molecular formula is C39H80O3S. The van der Waals surface area contributed by atoms with E-state index in [0.29, 0.717) is 6.61 Å². The summed E-state index contributed by atoms with van der Waals surface area (Å²) in [7, 11) is -3.33. The van der Waals surface area contributed by atoms with Gasteiger partial charge in [0.2, 0.25) is 0 Å². The predicted molar refractivity (Wildman–Crippen MR) is 193 cm³/mol. The second-order valence-electron chi connectivity index (χ2n) is 13.8. The van der Waals surface area contributed by atoms with Crippen molar-refractivity contribution in [1.82, 2.24) is 0 Å². The van der Waals surface area contributed by atoms with Gasteiger partial charge in [-0.15, -0.1) is 0 Å². The van der Waals surface area contributed by atoms with E-state index in [4.69, 9.17) is 4.18 Å². The molecule has 0 aromatic carbocycles. The van der Waals surface area contributed by atoms with Crippen LogP contribution in [-0.4, -0.2) is 20.8 Å². The Labute approximate surface area is 273 Å². The van der Waals surface area contributed by atoms with E-state index in [0.717, 1.165) is 32.1 Å². The Morgan fingerprint density at radius 2 is 0.512 bits per heavy atom. The Kier molecular flexibility index (Phi) is 36.3. The fraction of sp³-hybridized carbons (Fsp3) is 1.00. The van der Waals surface area contributed by atoms with Gasteiger partial charge in [-0.2, -0.15) is 8.42 Å². The molecule has 0 saturated heterocycles. The molecule has 0 spiro atoms. The zero-order valence-electron chi connectivity index (χ0n) is 29.8. The van der Waals surface area contributed by atoms with E-state index in [1.54, 1.807) is 0 Å². The Balaban J connectivity index is 3.26. The minimum atomic E-state index is -3.33. The molecule has 0 rings (SSSR count). The van der Waals surface area contributed by atoms with Gasteiger partial charge in [-0.25, -0.2) is 0 Å². The van der Waals surface area contributed by atoms with Crippen LogP contribution in [0.25, 0.3) is 0 Å². The molecule has 0 bridgehead atoms. The van der Waals surface area contributed by atoms with Gasteiger partial charge in [0.15, 0.2) is 0 Å². The minimum absolute atomic E-state index is 0.199. The standard InChI is InChI=1S/C39H80O3S/c1-3-5-7-9-11-13-15-17-19-21-22-24-26-28-30-32-34-36-38-42-43(40,41)39-37-35-33-31-29-27-25-23-20-18-16-14-12-10-8-6-4-2/h3-39H2,1-2H3. The molecule has 0 aromatic heterocycles. The van der Waals surface area contributed by atoms with Crippen molar-refractivity contribution in [3.63, 3.8) is 0 Å². The van der Waals surface area contributed by atoms with Crippen molar-refractivity contribution in [1.29, 1.82) is 0 Å². The van der Waals surface area contributed by atoms with E-state index in [2.05, 4.69) is 13.8 Å². The van der Waals surface area contributed by atoms with Crippen molar-refractivity contribution in [2.24, 2.45) is 0 Å². The molecule has 0 amide bonds. The zero-order valence-corrected chi connectivity index (χ0v) is 30.6. The molecule has 43 heavy (non-hydrogen) atoms. The Hall–Kier alpha value is -0.0900. The molecular weight excluding hydrogens is 548 g/mol. The molecule has 0 heterocycles. The van der Waals surface area contributed by atoms with Crippen LogP contribution in [0.1, 0.15) is 239 Å². The first kappa shape index (κ1) is 42.9. The molecule has 0 aromatic rings. The monoisotopic (exact) mass is 629 g/mol. The van der Waals surface area contributed by atoms with Gasteiger partial charge in [-0.05, 0) is 12.8 Å². The van der Waals surface area contributed by atoms with Crippen LogP contribution in [0.5, 0.6) is 0 Å². The SMILES string of the molecule is CCCCCCCCCCCCCCCCCCCCOS(=O)(=O)CCCCCCCCCCCCCCCCCCC. The third-order valence-electron chi connectivity index (χ3n) is 9.26. The molecule has 0 N–H and O–H groups in total. The Bertz CT molecular complexity index is 604. The summed E-state index contributed by atoms with van der Waals surface area (Å²) in [6.07, 6.45) is 46.5. The van der Waals surface area contributed by atoms with Gasteiger partial charge in [-0.1, -0.05) is 226 Å². The summed E-state index contributed by atoms with van der Waals surface area (Å²) in [5.74, 6) is 0.199. The Morgan fingerprint density at radius 3 is 0.767 bits per heavy atom. The highest BCUT2D eigenvalue weighted by Gasteiger charge is 2.10. The van der Waals surface area contributed by atoms with Crippen LogP contribution < -0.4 is 0 Å². The molecule has 0 atom stereocenters. The lowest BCUT2D eigenvalue weighted by Crippen LogP contribution is -2.11. The molecule has 260 valence electrons. The highest BCUT2D eigenvalue weighted by Crippen LogP contribution is 2.16. The highest BCUT2D eigenvalue weighted by atomic mass is 32.2. The number of unbranched alkanes of at least 4 members (excludes halogenated alkanes) is 33. The maximum atomic E-state index is 12.2. The molecule has 3 nitrogen and oxygen atoms in total. The van der Waals surface area contributed by atoms with Crippen LogP contribution in [0.15, 0.2) is 0 Å². The average Bonchev–Trinajstić information content (AvgIpc) is 3.00. The molecule has 0 fully saturated rings. The first-order valence-electron chi connectivity index (χ1n) is 20.0. The topological polar surface area (TPSA) is 43.4 Å². The van der Waals surface area contributed by atoms with Crippen LogP contribution in [-0.2, 0) is 14.3 Å². The fourth-order valence-electron chi connectivity index (χ4n) is 6.25. The van der Waals surface area contributed by atoms with Crippen LogP contribution in [0, 0.1) is 0 Å². The second-order valence-corrected chi connectivity index (χ2v) is 15.5. The third kappa shape index (κ3) is 38.0. The smallest absolute Gasteiger partial charge is 0.267 e. The normalized spacial score (nSPS) is 12.0. The van der Waals surface area contributed by atoms with E-state index in [-0.39, 0.29) is 5.75 Å². The molecule has 0 aliphatic heterocycles. The van der Waals surface area contributed by atoms with Crippen molar-refractivity contribution >= 4 is 10.1 Å². The van der Waals surface area contributed by atoms with E-state index in [9.17, 15) is 8.42 Å². The summed E-state index contributed by atoms with van der Waals surface area (Å²) >= 11 is 0. The van der Waals surface area contributed by atoms with Crippen molar-refractivity contribution < 1.29 is 12.6 Å². The van der Waals surface area contributed by atoms with Crippen molar-refractivity contribution in [2.45, 2.75) is 239 Å². The van der Waals surface area contributed by atoms with Gasteiger partial charge in [0, 0.05) is 0 Å². The summed E-state index contributed by atoms with van der Waals surface area (Å²) in [4.78, 5) is 0. The summed E-state index contributed by atoms with van der Waals surface area (Å²) in [5, 5.41) is 0. The minimum Gasteiger partial charge on any atom is -0.270 e. The quantitative estimate of drug-likeness (QED) is 0.0504. The van der Waals surface area contributed by atoms with E-state index >= 15 is 0 Å². The molecule has 0 aliphatic rings. The molecule has 0 unspecified atom stereocenters. The second kappa shape index (κ2) is 36.4. The van der Waals surface area contributed by atoms with E-state index in [1.807, 2.05) is 0 Å². The van der Waals surface area contributed by atoms with Gasteiger partial charge in [0.25, 0.3) is 10.1 Å². The molecule has 0 radical (unpaired) electrons. The number of rotatable bonds is 38. The molecule has 0 saturated carbocycles. The van der Waals surface area contributed by atoms with Crippen molar-refractivity contribution in [3.8, 4) is 0 Å². The van der Waals surface area contributed by atoms with Crippen LogP contribution in [0.2, 0.25) is 0 Å². The Morgan fingerprint density at radius 1 is 0.302 bits per heavy atom. The highest BCUT2D eigenvalue weighted by molar-refractivity contribution is 7.86. The van der Waals surface area contributed by atoms with E-state index < -0.39 is 10.1 Å². The maximum absolute atomic E-state index is 12.2. The first-order chi connectivity index (χ1) is 21.1. The summed E-state index contributed by atoms with van der Waals surface area (Å²) < 4.78 is 29.6. The van der Waals surface area contributed by atoms with Crippen molar-refractivity contribution in [2.75, 3.05) is 12.4 Å². The van der Waals surface area contributed by atoms with Crippen LogP contribution in [0.3, 0.4) is 0 Å². The lowest BCUT2D eigenvalue weighted by Gasteiger charge is -2.06. The fourth-order valence-corrected chi connectivity index (χ4v) is 7.30. The van der Waals surface area contributed by atoms with Crippen LogP contribution >= 0.6 is 0 Å². The van der Waals surface area contributed by atoms with Crippen molar-refractivity contribution in [3.05, 3.63) is 0 Å². The largest absolute Gasteiger partial charge is 0.270 e. The summed E-state index contributed by atoms with van der Waals surface area (Å²) in [6, 6.07) is 0. The van der Waals surface area contributed by atoms with Gasteiger partial charge in [0.1, 0.15) is 0 Å². The van der Waals surface area contributed by atoms with Gasteiger partial charge < -0.3 is 0 Å². The third-order valence-corrected chi connectivity index (χ3v) is 10.6. The molecule has 0 aliphatic carbocycles. The summed E-state index contributed by atoms with van der Waals surface area (Å²) in [5.41, 5.74) is 0. The van der Waals surface area contributed by atoms with Crippen LogP contribution in [0.4, 0.5) is 0 Å². The van der Waals surface area contributed by atoms with Gasteiger partial charge in [-0.3, -0.25) is 4.18 Å². The molecule has 4 heteroatoms. The lowest BCUT2D eigenvalue weighted by atomic mass is 10.0. The summed E-state index contributed by atoms with van der Waals surface area (Å²) in [6.45, 7) is 4.95. The number of hydrogen-bond donors (Lipinski definition) is 0. The number of hydrogen-bond acceptors (Lipinski definition) is 3. The van der Waals surface area contributed by atoms with Gasteiger partial charge in [0.05, 0.1) is 12.4 Å². The zero-order chi connectivity index (χ0) is 31.4. The van der Waals surface area contributed by atoms with Gasteiger partial charge >= 0.3 is 0 Å². The van der Waals surface area contributed by atoms with E-state index in [1.165, 1.54) is 193 Å². The predicted octanol–water partition coefficient (Wildman–Crippen LogP) is 14.0.